The molecule has 0 radical (unpaired) electrons. The molecule has 0 aliphatic heterocycles. The lowest BCUT2D eigenvalue weighted by molar-refractivity contribution is -0.126. The van der Waals surface area contributed by atoms with Crippen LogP contribution in [0, 0.1) is 6.92 Å². The number of benzene rings is 2. The zero-order valence-corrected chi connectivity index (χ0v) is 14.1. The van der Waals surface area contributed by atoms with Crippen molar-refractivity contribution in [2.75, 3.05) is 5.32 Å². The van der Waals surface area contributed by atoms with Gasteiger partial charge in [0.2, 0.25) is 11.8 Å². The largest absolute Gasteiger partial charge is 0.325 e. The molecule has 0 aromatic heterocycles. The van der Waals surface area contributed by atoms with Crippen molar-refractivity contribution in [3.63, 3.8) is 0 Å². The normalized spacial score (nSPS) is 10.5. The molecule has 0 heterocycles. The predicted octanol–water partition coefficient (Wildman–Crippen LogP) is 3.24. The summed E-state index contributed by atoms with van der Waals surface area (Å²) in [5.41, 5.74) is 4.81. The molecule has 2 amide bonds. The molecule has 6 heteroatoms. The topological polar surface area (TPSA) is 70.6 Å². The summed E-state index contributed by atoms with van der Waals surface area (Å²) in [6, 6.07) is 14.9. The van der Waals surface area contributed by atoms with Gasteiger partial charge < -0.3 is 5.32 Å². The fraction of sp³-hybridized carbons (Fsp3) is 0.118. The molecule has 0 bridgehead atoms. The zero-order valence-electron chi connectivity index (χ0n) is 12.5. The summed E-state index contributed by atoms with van der Waals surface area (Å²) < 4.78 is 0.922. The number of rotatable bonds is 5. The number of carbonyl (C=O) groups is 2. The number of hydrogen-bond acceptors (Lipinski definition) is 3. The van der Waals surface area contributed by atoms with Gasteiger partial charge in [-0.2, -0.15) is 5.10 Å². The first-order valence-corrected chi connectivity index (χ1v) is 7.77. The molecule has 0 aliphatic carbocycles. The standard InChI is InChI=1S/C17H16BrN3O2/c1-12-5-2-3-8-15(12)20-16(22)10-17(23)21-19-11-13-6-4-7-14(18)9-13/h2-9,11H,10H2,1H3,(H,20,22)(H,21,23). The van der Waals surface area contributed by atoms with Crippen molar-refractivity contribution >= 4 is 39.6 Å². The van der Waals surface area contributed by atoms with Crippen molar-refractivity contribution < 1.29 is 9.59 Å². The van der Waals surface area contributed by atoms with Crippen LogP contribution in [0.5, 0.6) is 0 Å². The molecule has 2 N–H and O–H groups in total. The number of amides is 2. The molecule has 2 aromatic carbocycles. The van der Waals surface area contributed by atoms with Gasteiger partial charge in [-0.15, -0.1) is 0 Å². The number of aryl methyl sites for hydroxylation is 1. The summed E-state index contributed by atoms with van der Waals surface area (Å²) >= 11 is 3.35. The number of halogens is 1. The molecule has 0 atom stereocenters. The van der Waals surface area contributed by atoms with Crippen LogP contribution in [0.4, 0.5) is 5.69 Å². The highest BCUT2D eigenvalue weighted by Gasteiger charge is 2.09. The van der Waals surface area contributed by atoms with Gasteiger partial charge in [-0.25, -0.2) is 5.43 Å². The highest BCUT2D eigenvalue weighted by atomic mass is 79.9. The van der Waals surface area contributed by atoms with Gasteiger partial charge in [0.1, 0.15) is 6.42 Å². The van der Waals surface area contributed by atoms with Crippen molar-refractivity contribution in [3.05, 3.63) is 64.1 Å². The van der Waals surface area contributed by atoms with Crippen LogP contribution >= 0.6 is 15.9 Å². The molecule has 0 unspecified atom stereocenters. The van der Waals surface area contributed by atoms with Crippen LogP contribution in [-0.2, 0) is 9.59 Å². The molecule has 118 valence electrons. The van der Waals surface area contributed by atoms with E-state index >= 15 is 0 Å². The number of carbonyl (C=O) groups excluding carboxylic acids is 2. The van der Waals surface area contributed by atoms with E-state index in [9.17, 15) is 9.59 Å². The Morgan fingerprint density at radius 3 is 2.65 bits per heavy atom. The van der Waals surface area contributed by atoms with Gasteiger partial charge in [-0.1, -0.05) is 46.3 Å². The fourth-order valence-electron chi connectivity index (χ4n) is 1.86. The van der Waals surface area contributed by atoms with Gasteiger partial charge in [-0.3, -0.25) is 9.59 Å². The van der Waals surface area contributed by atoms with E-state index in [2.05, 4.69) is 31.8 Å². The molecule has 5 nitrogen and oxygen atoms in total. The second-order valence-corrected chi connectivity index (χ2v) is 5.80. The second-order valence-electron chi connectivity index (χ2n) is 4.89. The maximum Gasteiger partial charge on any atom is 0.249 e. The van der Waals surface area contributed by atoms with Crippen LogP contribution in [0.2, 0.25) is 0 Å². The van der Waals surface area contributed by atoms with E-state index in [0.29, 0.717) is 5.69 Å². The number of hydrazone groups is 1. The van der Waals surface area contributed by atoms with Crippen LogP contribution in [0.1, 0.15) is 17.5 Å². The third-order valence-electron chi connectivity index (χ3n) is 2.99. The van der Waals surface area contributed by atoms with Crippen molar-refractivity contribution in [2.45, 2.75) is 13.3 Å². The molecular formula is C17H16BrN3O2. The summed E-state index contributed by atoms with van der Waals surface area (Å²) in [5.74, 6) is -0.850. The Labute approximate surface area is 142 Å². The molecule has 0 saturated carbocycles. The molecule has 0 aliphatic rings. The molecule has 0 saturated heterocycles. The third kappa shape index (κ3) is 5.67. The van der Waals surface area contributed by atoms with Crippen molar-refractivity contribution in [2.24, 2.45) is 5.10 Å². The number of para-hydroxylation sites is 1. The monoisotopic (exact) mass is 373 g/mol. The highest BCUT2D eigenvalue weighted by Crippen LogP contribution is 2.13. The Balaban J connectivity index is 1.82. The van der Waals surface area contributed by atoms with Crippen LogP contribution in [-0.4, -0.2) is 18.0 Å². The summed E-state index contributed by atoms with van der Waals surface area (Å²) in [4.78, 5) is 23.5. The Morgan fingerprint density at radius 1 is 1.13 bits per heavy atom. The van der Waals surface area contributed by atoms with Gasteiger partial charge in [0.15, 0.2) is 0 Å². The van der Waals surface area contributed by atoms with E-state index in [1.807, 2.05) is 49.4 Å². The maximum absolute atomic E-state index is 11.8. The van der Waals surface area contributed by atoms with E-state index < -0.39 is 5.91 Å². The molecule has 23 heavy (non-hydrogen) atoms. The molecule has 0 fully saturated rings. The molecular weight excluding hydrogens is 358 g/mol. The first-order chi connectivity index (χ1) is 11.0. The summed E-state index contributed by atoms with van der Waals surface area (Å²) in [5, 5.41) is 6.53. The quantitative estimate of drug-likeness (QED) is 0.479. The van der Waals surface area contributed by atoms with Crippen LogP contribution in [0.15, 0.2) is 58.1 Å². The maximum atomic E-state index is 11.8. The predicted molar refractivity (Wildman–Crippen MR) is 94.3 cm³/mol. The van der Waals surface area contributed by atoms with Crippen molar-refractivity contribution in [1.29, 1.82) is 0 Å². The van der Waals surface area contributed by atoms with Crippen LogP contribution in [0.3, 0.4) is 0 Å². The number of hydrogen-bond donors (Lipinski definition) is 2. The number of nitrogens with zero attached hydrogens (tertiary/aromatic N) is 1. The summed E-state index contributed by atoms with van der Waals surface area (Å²) in [6.45, 7) is 1.89. The van der Waals surface area contributed by atoms with E-state index in [1.165, 1.54) is 6.21 Å². The average molecular weight is 374 g/mol. The van der Waals surface area contributed by atoms with E-state index in [-0.39, 0.29) is 12.3 Å². The molecule has 2 rings (SSSR count). The minimum absolute atomic E-state index is 0.288. The molecule has 2 aromatic rings. The first kappa shape index (κ1) is 16.9. The van der Waals surface area contributed by atoms with E-state index in [4.69, 9.17) is 0 Å². The average Bonchev–Trinajstić information content (AvgIpc) is 2.49. The lowest BCUT2D eigenvalue weighted by atomic mass is 10.2. The van der Waals surface area contributed by atoms with Crippen molar-refractivity contribution in [1.82, 2.24) is 5.43 Å². The van der Waals surface area contributed by atoms with Crippen LogP contribution < -0.4 is 10.7 Å². The highest BCUT2D eigenvalue weighted by molar-refractivity contribution is 9.10. The first-order valence-electron chi connectivity index (χ1n) is 6.97. The van der Waals surface area contributed by atoms with Gasteiger partial charge >= 0.3 is 0 Å². The Kier molecular flexibility index (Phi) is 6.05. The Hall–Kier alpha value is -2.47. The SMILES string of the molecule is Cc1ccccc1NC(=O)CC(=O)NN=Cc1cccc(Br)c1. The number of nitrogens with one attached hydrogen (secondary N) is 2. The lowest BCUT2D eigenvalue weighted by Crippen LogP contribution is -2.24. The lowest BCUT2D eigenvalue weighted by Gasteiger charge is -2.07. The summed E-state index contributed by atoms with van der Waals surface area (Å²) in [6.07, 6.45) is 1.23. The minimum Gasteiger partial charge on any atom is -0.325 e. The fourth-order valence-corrected chi connectivity index (χ4v) is 2.28. The zero-order chi connectivity index (χ0) is 16.7. The minimum atomic E-state index is -0.470. The van der Waals surface area contributed by atoms with E-state index in [0.717, 1.165) is 15.6 Å². The second kappa shape index (κ2) is 8.24. The van der Waals surface area contributed by atoms with Crippen molar-refractivity contribution in [3.8, 4) is 0 Å². The van der Waals surface area contributed by atoms with E-state index in [1.54, 1.807) is 6.07 Å². The smallest absolute Gasteiger partial charge is 0.249 e. The summed E-state index contributed by atoms with van der Waals surface area (Å²) in [7, 11) is 0. The Bertz CT molecular complexity index is 744. The van der Waals surface area contributed by atoms with Gasteiger partial charge in [0.25, 0.3) is 0 Å². The molecule has 0 spiro atoms. The van der Waals surface area contributed by atoms with Crippen LogP contribution in [0.25, 0.3) is 0 Å². The third-order valence-corrected chi connectivity index (χ3v) is 3.49. The van der Waals surface area contributed by atoms with Gasteiger partial charge in [0, 0.05) is 10.2 Å². The number of anilines is 1. The Morgan fingerprint density at radius 2 is 1.91 bits per heavy atom. The van der Waals surface area contributed by atoms with Gasteiger partial charge in [-0.05, 0) is 36.2 Å². The van der Waals surface area contributed by atoms with Gasteiger partial charge in [0.05, 0.1) is 6.21 Å².